The molecule has 3 rings (SSSR count). The Balaban J connectivity index is 2.38. The lowest BCUT2D eigenvalue weighted by atomic mass is 9.87. The SMILES string of the molecule is CCc1cc2cc3ccc(CC)c(C(C)C)c3cc2cc1C(C)C. The summed E-state index contributed by atoms with van der Waals surface area (Å²) in [7, 11) is 0. The van der Waals surface area contributed by atoms with Gasteiger partial charge >= 0.3 is 0 Å². The summed E-state index contributed by atoms with van der Waals surface area (Å²) in [5.41, 5.74) is 6.02. The summed E-state index contributed by atoms with van der Waals surface area (Å²) in [5, 5.41) is 5.58. The number of benzene rings is 3. The molecule has 0 amide bonds. The lowest BCUT2D eigenvalue weighted by molar-refractivity contribution is 0.847. The fraction of sp³-hybridized carbons (Fsp3) is 0.417. The highest BCUT2D eigenvalue weighted by atomic mass is 14.2. The summed E-state index contributed by atoms with van der Waals surface area (Å²) >= 11 is 0. The largest absolute Gasteiger partial charge is 0.0613 e. The van der Waals surface area contributed by atoms with Crippen molar-refractivity contribution in [1.29, 1.82) is 0 Å². The first kappa shape index (κ1) is 17.0. The normalized spacial score (nSPS) is 12.0. The number of hydrogen-bond donors (Lipinski definition) is 0. The maximum atomic E-state index is 2.44. The lowest BCUT2D eigenvalue weighted by Gasteiger charge is -2.18. The third-order valence-electron chi connectivity index (χ3n) is 5.33. The molecule has 0 nitrogen and oxygen atoms in total. The van der Waals surface area contributed by atoms with E-state index in [1.165, 1.54) is 43.8 Å². The fourth-order valence-electron chi connectivity index (χ4n) is 4.09. The van der Waals surface area contributed by atoms with E-state index in [0.29, 0.717) is 11.8 Å². The molecule has 0 saturated carbocycles. The quantitative estimate of drug-likeness (QED) is 0.441. The van der Waals surface area contributed by atoms with Crippen molar-refractivity contribution < 1.29 is 0 Å². The first-order chi connectivity index (χ1) is 11.5. The fourth-order valence-corrected chi connectivity index (χ4v) is 4.09. The zero-order valence-corrected chi connectivity index (χ0v) is 16.0. The Bertz CT molecular complexity index is 880. The van der Waals surface area contributed by atoms with Crippen LogP contribution in [0.3, 0.4) is 0 Å². The van der Waals surface area contributed by atoms with Crippen molar-refractivity contribution in [2.45, 2.75) is 66.2 Å². The van der Waals surface area contributed by atoms with E-state index in [-0.39, 0.29) is 0 Å². The van der Waals surface area contributed by atoms with Crippen LogP contribution in [0.4, 0.5) is 0 Å². The van der Waals surface area contributed by atoms with Gasteiger partial charge in [0.25, 0.3) is 0 Å². The highest BCUT2D eigenvalue weighted by Crippen LogP contribution is 2.34. The first-order valence-electron chi connectivity index (χ1n) is 9.48. The molecule has 0 fully saturated rings. The molecule has 3 aromatic rings. The second-order valence-electron chi connectivity index (χ2n) is 7.63. The van der Waals surface area contributed by atoms with E-state index >= 15 is 0 Å². The first-order valence-corrected chi connectivity index (χ1v) is 9.48. The molecule has 0 heterocycles. The van der Waals surface area contributed by atoms with Crippen molar-refractivity contribution >= 4 is 21.5 Å². The van der Waals surface area contributed by atoms with Crippen molar-refractivity contribution in [3.05, 3.63) is 58.7 Å². The smallest absolute Gasteiger partial charge is 0.0140 e. The van der Waals surface area contributed by atoms with Crippen LogP contribution in [0, 0.1) is 0 Å². The van der Waals surface area contributed by atoms with Crippen LogP contribution in [0.25, 0.3) is 21.5 Å². The third kappa shape index (κ3) is 2.83. The summed E-state index contributed by atoms with van der Waals surface area (Å²) in [6, 6.07) is 14.3. The standard InChI is InChI=1S/C24H30/c1-7-17-9-10-19-12-20-11-18(8-2)22(15(3)4)13-21(20)14-23(19)24(17)16(5)6/h9-16H,7-8H2,1-6H3. The highest BCUT2D eigenvalue weighted by Gasteiger charge is 2.13. The van der Waals surface area contributed by atoms with Crippen LogP contribution in [0.15, 0.2) is 36.4 Å². The second-order valence-corrected chi connectivity index (χ2v) is 7.63. The average molecular weight is 319 g/mol. The molecule has 0 unspecified atom stereocenters. The Morgan fingerprint density at radius 3 is 1.92 bits per heavy atom. The van der Waals surface area contributed by atoms with Crippen LogP contribution in [0.5, 0.6) is 0 Å². The zero-order chi connectivity index (χ0) is 17.4. The van der Waals surface area contributed by atoms with Gasteiger partial charge in [0, 0.05) is 0 Å². The van der Waals surface area contributed by atoms with Crippen molar-refractivity contribution in [3.8, 4) is 0 Å². The van der Waals surface area contributed by atoms with Crippen LogP contribution in [0.1, 0.15) is 75.6 Å². The minimum atomic E-state index is 0.556. The third-order valence-corrected chi connectivity index (χ3v) is 5.33. The highest BCUT2D eigenvalue weighted by molar-refractivity contribution is 6.00. The monoisotopic (exact) mass is 318 g/mol. The van der Waals surface area contributed by atoms with Gasteiger partial charge in [0.1, 0.15) is 0 Å². The van der Waals surface area contributed by atoms with Crippen LogP contribution < -0.4 is 0 Å². The van der Waals surface area contributed by atoms with Crippen LogP contribution >= 0.6 is 0 Å². The maximum Gasteiger partial charge on any atom is -0.0140 e. The Morgan fingerprint density at radius 1 is 0.667 bits per heavy atom. The molecule has 0 saturated heterocycles. The van der Waals surface area contributed by atoms with Gasteiger partial charge in [-0.05, 0) is 80.6 Å². The molecule has 0 aliphatic rings. The second kappa shape index (κ2) is 6.59. The summed E-state index contributed by atoms with van der Waals surface area (Å²) in [6.07, 6.45) is 2.21. The van der Waals surface area contributed by atoms with Crippen LogP contribution in [-0.4, -0.2) is 0 Å². The minimum absolute atomic E-state index is 0.556. The van der Waals surface area contributed by atoms with E-state index < -0.39 is 0 Å². The van der Waals surface area contributed by atoms with E-state index in [2.05, 4.69) is 77.9 Å². The number of hydrogen-bond acceptors (Lipinski definition) is 0. The predicted molar refractivity (Wildman–Crippen MR) is 108 cm³/mol. The van der Waals surface area contributed by atoms with E-state index in [0.717, 1.165) is 12.8 Å². The van der Waals surface area contributed by atoms with Gasteiger partial charge < -0.3 is 0 Å². The van der Waals surface area contributed by atoms with Gasteiger partial charge in [-0.15, -0.1) is 0 Å². The Kier molecular flexibility index (Phi) is 4.67. The lowest BCUT2D eigenvalue weighted by Crippen LogP contribution is -1.98. The summed E-state index contributed by atoms with van der Waals surface area (Å²) in [6.45, 7) is 13.8. The summed E-state index contributed by atoms with van der Waals surface area (Å²) < 4.78 is 0. The van der Waals surface area contributed by atoms with E-state index in [1.54, 1.807) is 0 Å². The Labute approximate surface area is 146 Å². The van der Waals surface area contributed by atoms with E-state index in [1.807, 2.05) is 0 Å². The molecule has 0 aliphatic heterocycles. The molecule has 0 spiro atoms. The molecule has 3 aromatic carbocycles. The Hall–Kier alpha value is -1.82. The number of rotatable bonds is 4. The molecule has 0 aliphatic carbocycles. The van der Waals surface area contributed by atoms with Gasteiger partial charge in [-0.1, -0.05) is 65.8 Å². The molecular weight excluding hydrogens is 288 g/mol. The van der Waals surface area contributed by atoms with Crippen molar-refractivity contribution in [2.75, 3.05) is 0 Å². The van der Waals surface area contributed by atoms with Crippen LogP contribution in [-0.2, 0) is 12.8 Å². The average Bonchev–Trinajstić information content (AvgIpc) is 2.57. The van der Waals surface area contributed by atoms with E-state index in [9.17, 15) is 0 Å². The van der Waals surface area contributed by atoms with Crippen LogP contribution in [0.2, 0.25) is 0 Å². The van der Waals surface area contributed by atoms with Gasteiger partial charge in [-0.3, -0.25) is 0 Å². The van der Waals surface area contributed by atoms with Gasteiger partial charge in [-0.25, -0.2) is 0 Å². The number of aryl methyl sites for hydroxylation is 2. The minimum Gasteiger partial charge on any atom is -0.0613 e. The molecule has 24 heavy (non-hydrogen) atoms. The van der Waals surface area contributed by atoms with E-state index in [4.69, 9.17) is 0 Å². The zero-order valence-electron chi connectivity index (χ0n) is 16.0. The maximum absolute atomic E-state index is 2.44. The van der Waals surface area contributed by atoms with Crippen molar-refractivity contribution in [1.82, 2.24) is 0 Å². The molecule has 0 radical (unpaired) electrons. The number of fused-ring (bicyclic) bond motifs is 2. The van der Waals surface area contributed by atoms with Crippen molar-refractivity contribution in [2.24, 2.45) is 0 Å². The predicted octanol–water partition coefficient (Wildman–Crippen LogP) is 7.36. The molecule has 126 valence electrons. The molecule has 0 bridgehead atoms. The Morgan fingerprint density at radius 2 is 1.33 bits per heavy atom. The van der Waals surface area contributed by atoms with Gasteiger partial charge in [0.05, 0.1) is 0 Å². The summed E-state index contributed by atoms with van der Waals surface area (Å²) in [5.74, 6) is 1.13. The molecule has 0 N–H and O–H groups in total. The van der Waals surface area contributed by atoms with Gasteiger partial charge in [0.2, 0.25) is 0 Å². The summed E-state index contributed by atoms with van der Waals surface area (Å²) in [4.78, 5) is 0. The van der Waals surface area contributed by atoms with Gasteiger partial charge in [-0.2, -0.15) is 0 Å². The topological polar surface area (TPSA) is 0 Å². The molecular formula is C24H30. The molecule has 0 atom stereocenters. The molecule has 0 aromatic heterocycles. The molecule has 0 heteroatoms. The van der Waals surface area contributed by atoms with Gasteiger partial charge in [0.15, 0.2) is 0 Å². The van der Waals surface area contributed by atoms with Crippen molar-refractivity contribution in [3.63, 3.8) is 0 Å².